The highest BCUT2D eigenvalue weighted by molar-refractivity contribution is 9.10. The third kappa shape index (κ3) is 4.67. The fourth-order valence-corrected chi connectivity index (χ4v) is 1.70. The number of carbonyl (C=O) groups is 1. The van der Waals surface area contributed by atoms with E-state index >= 15 is 0 Å². The van der Waals surface area contributed by atoms with Crippen LogP contribution in [0.15, 0.2) is 64.1 Å². The second-order valence-corrected chi connectivity index (χ2v) is 4.77. The van der Waals surface area contributed by atoms with Gasteiger partial charge in [-0.2, -0.15) is 4.99 Å². The zero-order chi connectivity index (χ0) is 13.5. The predicted octanol–water partition coefficient (Wildman–Crippen LogP) is 4.20. The van der Waals surface area contributed by atoms with Gasteiger partial charge in [0.15, 0.2) is 0 Å². The molecule has 19 heavy (non-hydrogen) atoms. The van der Waals surface area contributed by atoms with Gasteiger partial charge in [-0.15, -0.1) is 0 Å². The average molecular weight is 318 g/mol. The molecule has 0 spiro atoms. The van der Waals surface area contributed by atoms with Crippen LogP contribution in [0, 0.1) is 0 Å². The smallest absolute Gasteiger partial charge is 0.433 e. The molecule has 0 aliphatic carbocycles. The van der Waals surface area contributed by atoms with Gasteiger partial charge in [0.1, 0.15) is 6.61 Å². The number of halogens is 1. The number of benzene rings is 2. The summed E-state index contributed by atoms with van der Waals surface area (Å²) in [7, 11) is 0. The maximum absolute atomic E-state index is 11.4. The summed E-state index contributed by atoms with van der Waals surface area (Å²) in [5.74, 6) is 0. The van der Waals surface area contributed by atoms with Crippen molar-refractivity contribution in [3.05, 3.63) is 70.2 Å². The normalized spacial score (nSPS) is 10.6. The van der Waals surface area contributed by atoms with Gasteiger partial charge in [0.2, 0.25) is 0 Å². The van der Waals surface area contributed by atoms with Crippen LogP contribution >= 0.6 is 15.9 Å². The zero-order valence-electron chi connectivity index (χ0n) is 10.1. The van der Waals surface area contributed by atoms with Crippen molar-refractivity contribution in [1.82, 2.24) is 0 Å². The lowest BCUT2D eigenvalue weighted by Gasteiger charge is -2.00. The van der Waals surface area contributed by atoms with Gasteiger partial charge in [-0.25, -0.2) is 4.79 Å². The third-order valence-electron chi connectivity index (χ3n) is 2.39. The minimum atomic E-state index is -0.591. The van der Waals surface area contributed by atoms with Gasteiger partial charge in [0.25, 0.3) is 0 Å². The highest BCUT2D eigenvalue weighted by atomic mass is 79.9. The summed E-state index contributed by atoms with van der Waals surface area (Å²) in [5, 5.41) is 0. The molecule has 3 nitrogen and oxygen atoms in total. The van der Waals surface area contributed by atoms with E-state index in [1.54, 1.807) is 0 Å². The van der Waals surface area contributed by atoms with E-state index in [4.69, 9.17) is 4.74 Å². The molecule has 96 valence electrons. The van der Waals surface area contributed by atoms with Gasteiger partial charge in [-0.05, 0) is 23.3 Å². The molecule has 0 bridgehead atoms. The molecule has 4 heteroatoms. The van der Waals surface area contributed by atoms with Crippen LogP contribution in [0.3, 0.4) is 0 Å². The summed E-state index contributed by atoms with van der Waals surface area (Å²) in [6.45, 7) is 0.233. The Labute approximate surface area is 120 Å². The van der Waals surface area contributed by atoms with E-state index in [1.807, 2.05) is 54.6 Å². The number of aliphatic imine (C=N–C) groups is 1. The van der Waals surface area contributed by atoms with Crippen LogP contribution in [-0.4, -0.2) is 12.3 Å². The number of nitrogens with zero attached hydrogens (tertiary/aromatic N) is 1. The molecule has 0 aliphatic rings. The summed E-state index contributed by atoms with van der Waals surface area (Å²) >= 11 is 3.34. The van der Waals surface area contributed by atoms with Gasteiger partial charge in [0.05, 0.1) is 0 Å². The van der Waals surface area contributed by atoms with Gasteiger partial charge >= 0.3 is 6.09 Å². The molecule has 0 radical (unpaired) electrons. The lowest BCUT2D eigenvalue weighted by Crippen LogP contribution is -1.99. The van der Waals surface area contributed by atoms with E-state index in [0.29, 0.717) is 0 Å². The van der Waals surface area contributed by atoms with E-state index in [0.717, 1.165) is 15.6 Å². The van der Waals surface area contributed by atoms with Crippen molar-refractivity contribution in [3.8, 4) is 0 Å². The molecular weight excluding hydrogens is 306 g/mol. The first-order valence-corrected chi connectivity index (χ1v) is 6.53. The fourth-order valence-electron chi connectivity index (χ4n) is 1.43. The van der Waals surface area contributed by atoms with Crippen molar-refractivity contribution in [2.24, 2.45) is 4.99 Å². The molecule has 2 rings (SSSR count). The van der Waals surface area contributed by atoms with Crippen LogP contribution in [0.1, 0.15) is 11.1 Å². The zero-order valence-corrected chi connectivity index (χ0v) is 11.7. The first kappa shape index (κ1) is 13.5. The number of rotatable bonds is 3. The Hall–Kier alpha value is -1.94. The minimum Gasteiger partial charge on any atom is -0.443 e. The van der Waals surface area contributed by atoms with E-state index in [1.165, 1.54) is 6.21 Å². The molecule has 0 unspecified atom stereocenters. The monoisotopic (exact) mass is 317 g/mol. The van der Waals surface area contributed by atoms with Crippen LogP contribution in [-0.2, 0) is 11.3 Å². The SMILES string of the molecule is O=C(N=Cc1ccc(Br)cc1)OCc1ccccc1. The third-order valence-corrected chi connectivity index (χ3v) is 2.92. The minimum absolute atomic E-state index is 0.233. The maximum Gasteiger partial charge on any atom is 0.433 e. The topological polar surface area (TPSA) is 38.7 Å². The lowest BCUT2D eigenvalue weighted by atomic mass is 10.2. The van der Waals surface area contributed by atoms with Crippen LogP contribution in [0.25, 0.3) is 0 Å². The molecule has 0 saturated heterocycles. The quantitative estimate of drug-likeness (QED) is 0.795. The summed E-state index contributed by atoms with van der Waals surface area (Å²) in [6, 6.07) is 17.0. The Morgan fingerprint density at radius 1 is 1.11 bits per heavy atom. The van der Waals surface area contributed by atoms with Crippen LogP contribution in [0.4, 0.5) is 4.79 Å². The number of hydrogen-bond acceptors (Lipinski definition) is 2. The first-order chi connectivity index (χ1) is 9.24. The molecule has 0 aliphatic heterocycles. The van der Waals surface area contributed by atoms with E-state index < -0.39 is 6.09 Å². The van der Waals surface area contributed by atoms with E-state index in [-0.39, 0.29) is 6.61 Å². The van der Waals surface area contributed by atoms with Crippen molar-refractivity contribution in [2.45, 2.75) is 6.61 Å². The van der Waals surface area contributed by atoms with Gasteiger partial charge in [-0.3, -0.25) is 0 Å². The van der Waals surface area contributed by atoms with Crippen LogP contribution in [0.5, 0.6) is 0 Å². The van der Waals surface area contributed by atoms with Crippen molar-refractivity contribution in [1.29, 1.82) is 0 Å². The molecule has 2 aromatic rings. The van der Waals surface area contributed by atoms with Crippen molar-refractivity contribution in [3.63, 3.8) is 0 Å². The summed E-state index contributed by atoms with van der Waals surface area (Å²) in [4.78, 5) is 15.2. The average Bonchev–Trinajstić information content (AvgIpc) is 2.45. The van der Waals surface area contributed by atoms with Crippen LogP contribution < -0.4 is 0 Å². The van der Waals surface area contributed by atoms with Crippen LogP contribution in [0.2, 0.25) is 0 Å². The molecule has 0 saturated carbocycles. The highest BCUT2D eigenvalue weighted by Gasteiger charge is 1.99. The fraction of sp³-hybridized carbons (Fsp3) is 0.0667. The Balaban J connectivity index is 1.86. The molecule has 0 heterocycles. The Bertz CT molecular complexity index is 564. The molecule has 0 N–H and O–H groups in total. The Morgan fingerprint density at radius 2 is 1.79 bits per heavy atom. The predicted molar refractivity (Wildman–Crippen MR) is 78.4 cm³/mol. The van der Waals surface area contributed by atoms with Crippen molar-refractivity contribution in [2.75, 3.05) is 0 Å². The number of amides is 1. The number of hydrogen-bond donors (Lipinski definition) is 0. The molecule has 0 fully saturated rings. The Morgan fingerprint density at radius 3 is 2.47 bits per heavy atom. The standard InChI is InChI=1S/C15H12BrNO2/c16-14-8-6-12(7-9-14)10-17-15(18)19-11-13-4-2-1-3-5-13/h1-10H,11H2. The Kier molecular flexibility index (Phi) is 4.86. The molecule has 0 aromatic heterocycles. The number of carbonyl (C=O) groups excluding carboxylic acids is 1. The number of ether oxygens (including phenoxy) is 1. The molecular formula is C15H12BrNO2. The van der Waals surface area contributed by atoms with Crippen molar-refractivity contribution < 1.29 is 9.53 Å². The summed E-state index contributed by atoms with van der Waals surface area (Å²) in [6.07, 6.45) is 0.895. The van der Waals surface area contributed by atoms with Crippen molar-refractivity contribution >= 4 is 28.2 Å². The molecule has 1 amide bonds. The van der Waals surface area contributed by atoms with E-state index in [2.05, 4.69) is 20.9 Å². The van der Waals surface area contributed by atoms with Gasteiger partial charge in [0, 0.05) is 10.7 Å². The summed E-state index contributed by atoms with van der Waals surface area (Å²) in [5.41, 5.74) is 1.79. The highest BCUT2D eigenvalue weighted by Crippen LogP contribution is 2.09. The van der Waals surface area contributed by atoms with Gasteiger partial charge in [-0.1, -0.05) is 58.4 Å². The summed E-state index contributed by atoms with van der Waals surface area (Å²) < 4.78 is 6.01. The second-order valence-electron chi connectivity index (χ2n) is 3.85. The van der Waals surface area contributed by atoms with E-state index in [9.17, 15) is 4.79 Å². The second kappa shape index (κ2) is 6.85. The van der Waals surface area contributed by atoms with Gasteiger partial charge < -0.3 is 4.74 Å². The lowest BCUT2D eigenvalue weighted by molar-refractivity contribution is 0.151. The maximum atomic E-state index is 11.4. The molecule has 2 aromatic carbocycles. The molecule has 0 atom stereocenters. The first-order valence-electron chi connectivity index (χ1n) is 5.74. The largest absolute Gasteiger partial charge is 0.443 e.